The second-order valence-electron chi connectivity index (χ2n) is 10.6. The monoisotopic (exact) mass is 496 g/mol. The van der Waals surface area contributed by atoms with Crippen molar-refractivity contribution in [3.8, 4) is 0 Å². The number of rotatable bonds is 4. The second kappa shape index (κ2) is 7.68. The van der Waals surface area contributed by atoms with Gasteiger partial charge in [0.2, 0.25) is 0 Å². The topological polar surface area (TPSA) is 76.9 Å². The molecule has 1 aliphatic heterocycles. The summed E-state index contributed by atoms with van der Waals surface area (Å²) in [6, 6.07) is 3.90. The highest BCUT2D eigenvalue weighted by Crippen LogP contribution is 2.78. The van der Waals surface area contributed by atoms with Gasteiger partial charge in [0.15, 0.2) is 11.5 Å². The number of halogens is 3. The van der Waals surface area contributed by atoms with Crippen LogP contribution in [0.2, 0.25) is 0 Å². The summed E-state index contributed by atoms with van der Waals surface area (Å²) >= 11 is 0. The highest BCUT2D eigenvalue weighted by Gasteiger charge is 2.79. The van der Waals surface area contributed by atoms with Crippen molar-refractivity contribution in [2.24, 2.45) is 5.41 Å². The standard InChI is InChI=1S/C26H27F3N6O/c1-14-15(2)32-23-20(31-14)21(24-11-25(12-24,13-24)26(27,28)29)33-22(34-23)17-6-8-36-18(9-17)16-5-7-30-19(10-16)35(3)4/h5,7,9-10,18H,6,8,11-13H2,1-4H3. The van der Waals surface area contributed by atoms with Gasteiger partial charge in [-0.1, -0.05) is 0 Å². The number of nitrogens with zero attached hydrogens (tertiary/aromatic N) is 6. The van der Waals surface area contributed by atoms with E-state index < -0.39 is 17.0 Å². The van der Waals surface area contributed by atoms with Crippen molar-refractivity contribution in [2.75, 3.05) is 25.6 Å². The molecule has 36 heavy (non-hydrogen) atoms. The van der Waals surface area contributed by atoms with Crippen LogP contribution in [0.15, 0.2) is 24.4 Å². The molecule has 188 valence electrons. The highest BCUT2D eigenvalue weighted by atomic mass is 19.4. The van der Waals surface area contributed by atoms with Gasteiger partial charge in [0.05, 0.1) is 29.1 Å². The summed E-state index contributed by atoms with van der Waals surface area (Å²) in [6.45, 7) is 4.19. The molecule has 3 aromatic rings. The average Bonchev–Trinajstić information content (AvgIpc) is 2.77. The van der Waals surface area contributed by atoms with Crippen LogP contribution in [-0.4, -0.2) is 51.8 Å². The van der Waals surface area contributed by atoms with Crippen molar-refractivity contribution < 1.29 is 17.9 Å². The maximum atomic E-state index is 13.6. The number of ether oxygens (including phenoxy) is 1. The van der Waals surface area contributed by atoms with Gasteiger partial charge < -0.3 is 9.64 Å². The van der Waals surface area contributed by atoms with Gasteiger partial charge in [-0.3, -0.25) is 0 Å². The Balaban J connectivity index is 1.43. The maximum Gasteiger partial charge on any atom is 0.394 e. The molecule has 0 amide bonds. The minimum atomic E-state index is -4.19. The summed E-state index contributed by atoms with van der Waals surface area (Å²) in [7, 11) is 3.86. The Morgan fingerprint density at radius 3 is 2.44 bits per heavy atom. The van der Waals surface area contributed by atoms with Crippen LogP contribution in [0.1, 0.15) is 60.3 Å². The van der Waals surface area contributed by atoms with Crippen LogP contribution in [0.25, 0.3) is 16.7 Å². The summed E-state index contributed by atoms with van der Waals surface area (Å²) in [5.74, 6) is 1.32. The zero-order chi connectivity index (χ0) is 25.5. The van der Waals surface area contributed by atoms with E-state index in [9.17, 15) is 13.2 Å². The first kappa shape index (κ1) is 23.3. The molecule has 0 aromatic carbocycles. The van der Waals surface area contributed by atoms with Crippen LogP contribution in [0.5, 0.6) is 0 Å². The fourth-order valence-corrected chi connectivity index (χ4v) is 5.81. The molecular weight excluding hydrogens is 469 g/mol. The Morgan fingerprint density at radius 2 is 1.75 bits per heavy atom. The maximum absolute atomic E-state index is 13.6. The summed E-state index contributed by atoms with van der Waals surface area (Å²) in [5.41, 5.74) is 2.71. The molecule has 0 N–H and O–H groups in total. The predicted octanol–water partition coefficient (Wildman–Crippen LogP) is 5.03. The van der Waals surface area contributed by atoms with Gasteiger partial charge in [-0.2, -0.15) is 13.2 Å². The lowest BCUT2D eigenvalue weighted by Crippen LogP contribution is -2.70. The number of alkyl halides is 3. The number of pyridine rings is 1. The van der Waals surface area contributed by atoms with Gasteiger partial charge >= 0.3 is 6.18 Å². The molecule has 10 heteroatoms. The van der Waals surface area contributed by atoms with Gasteiger partial charge in [0, 0.05) is 25.7 Å². The zero-order valence-electron chi connectivity index (χ0n) is 20.6. The third kappa shape index (κ3) is 3.41. The Bertz CT molecular complexity index is 1400. The average molecular weight is 497 g/mol. The Labute approximate surface area is 206 Å². The van der Waals surface area contributed by atoms with Crippen LogP contribution in [0.3, 0.4) is 0 Å². The quantitative estimate of drug-likeness (QED) is 0.502. The normalized spacial score (nSPS) is 27.3. The lowest BCUT2D eigenvalue weighted by molar-refractivity contribution is -0.337. The van der Waals surface area contributed by atoms with E-state index in [1.165, 1.54) is 0 Å². The van der Waals surface area contributed by atoms with E-state index >= 15 is 0 Å². The van der Waals surface area contributed by atoms with Crippen molar-refractivity contribution in [1.82, 2.24) is 24.9 Å². The van der Waals surface area contributed by atoms with E-state index in [1.807, 2.05) is 51.1 Å². The van der Waals surface area contributed by atoms with Gasteiger partial charge in [0.1, 0.15) is 17.4 Å². The van der Waals surface area contributed by atoms with Gasteiger partial charge in [0.25, 0.3) is 0 Å². The largest absolute Gasteiger partial charge is 0.394 e. The molecule has 2 bridgehead atoms. The molecule has 0 saturated heterocycles. The molecule has 3 fully saturated rings. The van der Waals surface area contributed by atoms with Crippen molar-refractivity contribution in [2.45, 2.75) is 57.2 Å². The first-order valence-corrected chi connectivity index (χ1v) is 12.1. The van der Waals surface area contributed by atoms with Crippen LogP contribution < -0.4 is 4.90 Å². The van der Waals surface area contributed by atoms with Crippen LogP contribution in [-0.2, 0) is 10.2 Å². The SMILES string of the molecule is Cc1nc2nc(C3=CC(c4ccnc(N(C)C)c4)OCC3)nc(C34CC(C(F)(F)F)(C3)C4)c2nc1C. The molecule has 7 rings (SSSR count). The molecule has 1 atom stereocenters. The second-order valence-corrected chi connectivity index (χ2v) is 10.6. The first-order valence-electron chi connectivity index (χ1n) is 12.1. The highest BCUT2D eigenvalue weighted by molar-refractivity contribution is 5.78. The molecule has 3 aromatic heterocycles. The van der Waals surface area contributed by atoms with E-state index in [0.717, 1.165) is 28.3 Å². The zero-order valence-corrected chi connectivity index (χ0v) is 20.6. The minimum absolute atomic E-state index is 0.0543. The van der Waals surface area contributed by atoms with Crippen LogP contribution in [0.4, 0.5) is 19.0 Å². The minimum Gasteiger partial charge on any atom is -0.369 e. The van der Waals surface area contributed by atoms with Crippen LogP contribution in [0, 0.1) is 19.3 Å². The molecule has 1 unspecified atom stereocenters. The van der Waals surface area contributed by atoms with E-state index in [2.05, 4.69) is 15.0 Å². The summed E-state index contributed by atoms with van der Waals surface area (Å²) < 4.78 is 46.8. The summed E-state index contributed by atoms with van der Waals surface area (Å²) in [5, 5.41) is 0. The fourth-order valence-electron chi connectivity index (χ4n) is 5.81. The molecule has 4 heterocycles. The number of aryl methyl sites for hydroxylation is 2. The van der Waals surface area contributed by atoms with Crippen molar-refractivity contribution >= 4 is 22.6 Å². The number of hydrogen-bond acceptors (Lipinski definition) is 7. The Kier molecular flexibility index (Phi) is 4.96. The molecule has 0 spiro atoms. The third-order valence-electron chi connectivity index (χ3n) is 7.94. The van der Waals surface area contributed by atoms with E-state index in [1.54, 1.807) is 6.20 Å². The van der Waals surface area contributed by atoms with E-state index in [4.69, 9.17) is 14.7 Å². The molecule has 4 aliphatic rings. The van der Waals surface area contributed by atoms with Gasteiger partial charge in [-0.05, 0) is 68.9 Å². The van der Waals surface area contributed by atoms with Crippen LogP contribution >= 0.6 is 0 Å². The number of fused-ring (bicyclic) bond motifs is 1. The molecule has 3 saturated carbocycles. The molecule has 3 aliphatic carbocycles. The number of aromatic nitrogens is 5. The smallest absolute Gasteiger partial charge is 0.369 e. The lowest BCUT2D eigenvalue weighted by Gasteiger charge is -2.70. The van der Waals surface area contributed by atoms with Crippen molar-refractivity contribution in [1.29, 1.82) is 0 Å². The molecular formula is C26H27F3N6O. The first-order chi connectivity index (χ1) is 17.0. The lowest BCUT2D eigenvalue weighted by atomic mass is 9.34. The summed E-state index contributed by atoms with van der Waals surface area (Å²) in [6.07, 6.45) is 0.0246. The molecule has 0 radical (unpaired) electrons. The Morgan fingerprint density at radius 1 is 1.03 bits per heavy atom. The van der Waals surface area contributed by atoms with Crippen molar-refractivity contribution in [3.05, 3.63) is 52.9 Å². The van der Waals surface area contributed by atoms with E-state index in [-0.39, 0.29) is 25.4 Å². The number of anilines is 1. The third-order valence-corrected chi connectivity index (χ3v) is 7.94. The van der Waals surface area contributed by atoms with Gasteiger partial charge in [-0.25, -0.2) is 24.9 Å². The van der Waals surface area contributed by atoms with Gasteiger partial charge in [-0.15, -0.1) is 0 Å². The summed E-state index contributed by atoms with van der Waals surface area (Å²) in [4.78, 5) is 25.3. The van der Waals surface area contributed by atoms with Crippen molar-refractivity contribution in [3.63, 3.8) is 0 Å². The Hall–Kier alpha value is -3.14. The molecule has 7 nitrogen and oxygen atoms in total. The predicted molar refractivity (Wildman–Crippen MR) is 128 cm³/mol. The number of hydrogen-bond donors (Lipinski definition) is 0. The van der Waals surface area contributed by atoms with E-state index in [0.29, 0.717) is 35.7 Å². The fraction of sp³-hybridized carbons (Fsp3) is 0.500.